The Morgan fingerprint density at radius 2 is 2.08 bits per heavy atom. The van der Waals surface area contributed by atoms with Crippen LogP contribution in [-0.4, -0.2) is 49.6 Å². The Labute approximate surface area is 153 Å². The summed E-state index contributed by atoms with van der Waals surface area (Å²) in [7, 11) is 0. The molecular formula is C20H25F2N3O. The molecule has 2 aliphatic rings. The number of hydrogen-bond donors (Lipinski definition) is 1. The average molecular weight is 361 g/mol. The number of hydrogen-bond acceptors (Lipinski definition) is 3. The van der Waals surface area contributed by atoms with Crippen molar-refractivity contribution >= 4 is 11.6 Å². The second-order valence-corrected chi connectivity index (χ2v) is 7.13. The van der Waals surface area contributed by atoms with Gasteiger partial charge < -0.3 is 10.2 Å². The summed E-state index contributed by atoms with van der Waals surface area (Å²) in [5.41, 5.74) is 0.685. The molecule has 2 aliphatic heterocycles. The van der Waals surface area contributed by atoms with Crippen molar-refractivity contribution in [2.24, 2.45) is 5.92 Å². The number of nitrogens with zero attached hydrogens (tertiary/aromatic N) is 2. The fourth-order valence-corrected chi connectivity index (χ4v) is 3.87. The largest absolute Gasteiger partial charge is 0.371 e. The molecule has 0 saturated carbocycles. The van der Waals surface area contributed by atoms with Crippen LogP contribution in [-0.2, 0) is 4.79 Å². The smallest absolute Gasteiger partial charge is 0.237 e. The monoisotopic (exact) mass is 361 g/mol. The first-order valence-corrected chi connectivity index (χ1v) is 9.23. The van der Waals surface area contributed by atoms with E-state index < -0.39 is 11.6 Å². The molecule has 0 spiro atoms. The molecular weight excluding hydrogens is 336 g/mol. The Bertz CT molecular complexity index is 688. The minimum Gasteiger partial charge on any atom is -0.371 e. The topological polar surface area (TPSA) is 35.6 Å². The number of piperidine rings is 1. The number of anilines is 1. The minimum absolute atomic E-state index is 0.0474. The van der Waals surface area contributed by atoms with Crippen LogP contribution in [0.1, 0.15) is 25.7 Å². The van der Waals surface area contributed by atoms with Crippen LogP contribution in [0, 0.1) is 29.9 Å². The molecule has 4 nitrogen and oxygen atoms in total. The van der Waals surface area contributed by atoms with E-state index in [1.807, 2.05) is 4.90 Å². The van der Waals surface area contributed by atoms with Gasteiger partial charge in [-0.1, -0.05) is 12.3 Å². The van der Waals surface area contributed by atoms with Gasteiger partial charge in [0.25, 0.3) is 0 Å². The Kier molecular flexibility index (Phi) is 6.10. The quantitative estimate of drug-likeness (QED) is 0.818. The van der Waals surface area contributed by atoms with Gasteiger partial charge in [0.1, 0.15) is 0 Å². The first kappa shape index (κ1) is 18.7. The molecule has 6 heteroatoms. The van der Waals surface area contributed by atoms with Gasteiger partial charge in [-0.15, -0.1) is 6.42 Å². The summed E-state index contributed by atoms with van der Waals surface area (Å²) in [4.78, 5) is 16.7. The van der Waals surface area contributed by atoms with Gasteiger partial charge in [-0.25, -0.2) is 8.78 Å². The molecule has 0 bridgehead atoms. The Morgan fingerprint density at radius 1 is 1.23 bits per heavy atom. The number of carbonyl (C=O) groups excluding carboxylic acids is 1. The maximum atomic E-state index is 13.4. The van der Waals surface area contributed by atoms with Crippen molar-refractivity contribution in [3.05, 3.63) is 29.8 Å². The van der Waals surface area contributed by atoms with Crippen molar-refractivity contribution in [2.45, 2.75) is 31.7 Å². The molecule has 2 atom stereocenters. The highest BCUT2D eigenvalue weighted by molar-refractivity contribution is 5.81. The Hall–Kier alpha value is -2.13. The van der Waals surface area contributed by atoms with Crippen LogP contribution in [0.4, 0.5) is 14.5 Å². The molecule has 0 unspecified atom stereocenters. The van der Waals surface area contributed by atoms with Crippen LogP contribution in [0.5, 0.6) is 0 Å². The third kappa shape index (κ3) is 4.34. The predicted molar refractivity (Wildman–Crippen MR) is 97.7 cm³/mol. The first-order chi connectivity index (χ1) is 12.6. The lowest BCUT2D eigenvalue weighted by Crippen LogP contribution is -2.50. The molecule has 1 aromatic rings. The molecule has 2 fully saturated rings. The fraction of sp³-hybridized carbons (Fsp3) is 0.550. The van der Waals surface area contributed by atoms with Gasteiger partial charge >= 0.3 is 0 Å². The zero-order valence-electron chi connectivity index (χ0n) is 14.9. The van der Waals surface area contributed by atoms with E-state index in [2.05, 4.69) is 16.1 Å². The van der Waals surface area contributed by atoms with E-state index >= 15 is 0 Å². The number of amides is 1. The number of nitrogens with one attached hydrogen (secondary N) is 1. The number of carbonyl (C=O) groups is 1. The molecule has 1 aromatic carbocycles. The lowest BCUT2D eigenvalue weighted by molar-refractivity contribution is -0.127. The van der Waals surface area contributed by atoms with Crippen LogP contribution < -0.4 is 10.2 Å². The number of halogens is 2. The highest BCUT2D eigenvalue weighted by Crippen LogP contribution is 2.25. The highest BCUT2D eigenvalue weighted by atomic mass is 19.2. The van der Waals surface area contributed by atoms with Gasteiger partial charge in [0.2, 0.25) is 5.91 Å². The Morgan fingerprint density at radius 3 is 2.85 bits per heavy atom. The van der Waals surface area contributed by atoms with Gasteiger partial charge in [-0.05, 0) is 43.9 Å². The summed E-state index contributed by atoms with van der Waals surface area (Å²) in [6.45, 7) is 3.47. The SMILES string of the molecule is C#CCN1CCCC[C@@H]1C(=O)NC[C@H]1CCN(c2ccc(F)c(F)c2)C1. The van der Waals surface area contributed by atoms with Crippen LogP contribution in [0.2, 0.25) is 0 Å². The highest BCUT2D eigenvalue weighted by Gasteiger charge is 2.29. The summed E-state index contributed by atoms with van der Waals surface area (Å²) in [5, 5.41) is 3.07. The molecule has 2 heterocycles. The van der Waals surface area contributed by atoms with E-state index in [4.69, 9.17) is 6.42 Å². The standard InChI is InChI=1S/C20H25F2N3O/c1-2-9-24-10-4-3-5-19(24)20(26)23-13-15-8-11-25(14-15)16-6-7-17(21)18(22)12-16/h1,6-7,12,15,19H,3-5,8-11,13-14H2,(H,23,26)/t15-,19-/m1/s1. The molecule has 0 aliphatic carbocycles. The van der Waals surface area contributed by atoms with Crippen molar-refractivity contribution in [3.8, 4) is 12.3 Å². The maximum Gasteiger partial charge on any atom is 0.237 e. The maximum absolute atomic E-state index is 13.4. The molecule has 0 radical (unpaired) electrons. The number of likely N-dealkylation sites (tertiary alicyclic amines) is 1. The number of terminal acetylenes is 1. The number of rotatable bonds is 5. The number of benzene rings is 1. The van der Waals surface area contributed by atoms with E-state index in [1.54, 1.807) is 6.07 Å². The van der Waals surface area contributed by atoms with Crippen LogP contribution in [0.3, 0.4) is 0 Å². The van der Waals surface area contributed by atoms with E-state index in [-0.39, 0.29) is 11.9 Å². The van der Waals surface area contributed by atoms with Gasteiger partial charge in [0, 0.05) is 31.4 Å². The lowest BCUT2D eigenvalue weighted by atomic mass is 10.0. The lowest BCUT2D eigenvalue weighted by Gasteiger charge is -2.33. The molecule has 0 aromatic heterocycles. The second kappa shape index (κ2) is 8.50. The van der Waals surface area contributed by atoms with Crippen LogP contribution in [0.15, 0.2) is 18.2 Å². The molecule has 140 valence electrons. The van der Waals surface area contributed by atoms with Crippen molar-refractivity contribution in [2.75, 3.05) is 37.6 Å². The molecule has 2 saturated heterocycles. The summed E-state index contributed by atoms with van der Waals surface area (Å²) < 4.78 is 26.5. The van der Waals surface area contributed by atoms with E-state index in [9.17, 15) is 13.6 Å². The van der Waals surface area contributed by atoms with Gasteiger partial charge in [-0.2, -0.15) is 0 Å². The van der Waals surface area contributed by atoms with Crippen molar-refractivity contribution in [1.82, 2.24) is 10.2 Å². The summed E-state index contributed by atoms with van der Waals surface area (Å²) >= 11 is 0. The summed E-state index contributed by atoms with van der Waals surface area (Å²) in [6, 6.07) is 3.85. The van der Waals surface area contributed by atoms with Crippen molar-refractivity contribution < 1.29 is 13.6 Å². The van der Waals surface area contributed by atoms with Gasteiger partial charge in [0.15, 0.2) is 11.6 Å². The predicted octanol–water partition coefficient (Wildman–Crippen LogP) is 2.40. The average Bonchev–Trinajstić information content (AvgIpc) is 3.12. The normalized spacial score (nSPS) is 23.7. The van der Waals surface area contributed by atoms with Crippen LogP contribution >= 0.6 is 0 Å². The van der Waals surface area contributed by atoms with E-state index in [0.717, 1.165) is 51.4 Å². The van der Waals surface area contributed by atoms with Crippen molar-refractivity contribution in [1.29, 1.82) is 0 Å². The zero-order chi connectivity index (χ0) is 18.5. The fourth-order valence-electron chi connectivity index (χ4n) is 3.87. The van der Waals surface area contributed by atoms with Crippen molar-refractivity contribution in [3.63, 3.8) is 0 Å². The second-order valence-electron chi connectivity index (χ2n) is 7.13. The molecule has 1 N–H and O–H groups in total. The third-order valence-electron chi connectivity index (χ3n) is 5.33. The summed E-state index contributed by atoms with van der Waals surface area (Å²) in [5.74, 6) is 1.32. The van der Waals surface area contributed by atoms with Gasteiger partial charge in [-0.3, -0.25) is 9.69 Å². The third-order valence-corrected chi connectivity index (χ3v) is 5.33. The van der Waals surface area contributed by atoms with E-state index in [1.165, 1.54) is 6.07 Å². The molecule has 1 amide bonds. The van der Waals surface area contributed by atoms with E-state index in [0.29, 0.717) is 24.7 Å². The molecule has 3 rings (SSSR count). The Balaban J connectivity index is 1.50. The first-order valence-electron chi connectivity index (χ1n) is 9.23. The van der Waals surface area contributed by atoms with Crippen LogP contribution in [0.25, 0.3) is 0 Å². The van der Waals surface area contributed by atoms with Gasteiger partial charge in [0.05, 0.1) is 12.6 Å². The summed E-state index contributed by atoms with van der Waals surface area (Å²) in [6.07, 6.45) is 9.30. The zero-order valence-corrected chi connectivity index (χ0v) is 14.9. The minimum atomic E-state index is -0.833. The molecule has 26 heavy (non-hydrogen) atoms.